The zero-order chi connectivity index (χ0) is 15.2. The Hall–Kier alpha value is -1.29. The molecular weight excluding hydrogens is 264 g/mol. The molecule has 21 heavy (non-hydrogen) atoms. The number of likely N-dealkylation sites (tertiary alicyclic amines) is 1. The maximum atomic E-state index is 12.6. The topological polar surface area (TPSA) is 45.5 Å². The molecule has 2 heterocycles. The van der Waals surface area contributed by atoms with Crippen molar-refractivity contribution >= 4 is 5.91 Å². The molecule has 0 radical (unpaired) electrons. The summed E-state index contributed by atoms with van der Waals surface area (Å²) in [6.07, 6.45) is 5.53. The third-order valence-corrected chi connectivity index (χ3v) is 5.00. The summed E-state index contributed by atoms with van der Waals surface area (Å²) in [4.78, 5) is 14.6. The molecule has 2 aliphatic rings. The number of nitrogens with zero attached hydrogens (tertiary/aromatic N) is 2. The summed E-state index contributed by atoms with van der Waals surface area (Å²) in [7, 11) is 0. The number of fused-ring (bicyclic) bond motifs is 1. The zero-order valence-corrected chi connectivity index (χ0v) is 13.3. The molecule has 4 heteroatoms. The summed E-state index contributed by atoms with van der Waals surface area (Å²) in [5.41, 5.74) is 2.23. The van der Waals surface area contributed by atoms with E-state index < -0.39 is 6.10 Å². The van der Waals surface area contributed by atoms with Gasteiger partial charge in [-0.25, -0.2) is 0 Å². The molecule has 1 N–H and O–H groups in total. The average molecular weight is 290 g/mol. The van der Waals surface area contributed by atoms with Gasteiger partial charge in [0.1, 0.15) is 6.04 Å². The smallest absolute Gasteiger partial charge is 0.245 e. The van der Waals surface area contributed by atoms with Gasteiger partial charge in [0, 0.05) is 30.5 Å². The second-order valence-electron chi connectivity index (χ2n) is 7.39. The Morgan fingerprint density at radius 2 is 2.05 bits per heavy atom. The van der Waals surface area contributed by atoms with Gasteiger partial charge in [0.05, 0.1) is 6.10 Å². The van der Waals surface area contributed by atoms with Crippen LogP contribution in [0.1, 0.15) is 63.4 Å². The molecule has 1 fully saturated rings. The van der Waals surface area contributed by atoms with Crippen LogP contribution in [0.4, 0.5) is 0 Å². The number of aliphatic hydroxyl groups is 1. The van der Waals surface area contributed by atoms with Gasteiger partial charge < -0.3 is 14.6 Å². The number of amides is 1. The molecule has 0 aromatic carbocycles. The van der Waals surface area contributed by atoms with Crippen LogP contribution in [0.5, 0.6) is 0 Å². The highest BCUT2D eigenvalue weighted by atomic mass is 16.3. The predicted molar refractivity (Wildman–Crippen MR) is 82.0 cm³/mol. The van der Waals surface area contributed by atoms with E-state index in [-0.39, 0.29) is 17.4 Å². The largest absolute Gasteiger partial charge is 0.388 e. The van der Waals surface area contributed by atoms with Gasteiger partial charge in [-0.05, 0) is 44.1 Å². The summed E-state index contributed by atoms with van der Waals surface area (Å²) in [6, 6.07) is 1.82. The number of hydrogen-bond donors (Lipinski definition) is 1. The Balaban J connectivity index is 1.88. The van der Waals surface area contributed by atoms with E-state index in [9.17, 15) is 9.90 Å². The first-order valence-corrected chi connectivity index (χ1v) is 8.05. The molecule has 1 aliphatic heterocycles. The third kappa shape index (κ3) is 2.61. The normalized spacial score (nSPS) is 25.7. The molecule has 0 spiro atoms. The van der Waals surface area contributed by atoms with E-state index in [1.165, 1.54) is 0 Å². The maximum Gasteiger partial charge on any atom is 0.245 e. The van der Waals surface area contributed by atoms with Crippen molar-refractivity contribution in [2.24, 2.45) is 5.41 Å². The minimum atomic E-state index is -0.404. The highest BCUT2D eigenvalue weighted by Crippen LogP contribution is 2.42. The van der Waals surface area contributed by atoms with Crippen LogP contribution in [-0.2, 0) is 11.2 Å². The first-order valence-electron chi connectivity index (χ1n) is 8.05. The monoisotopic (exact) mass is 290 g/mol. The van der Waals surface area contributed by atoms with Crippen molar-refractivity contribution in [2.75, 3.05) is 13.1 Å². The Bertz CT molecular complexity index is 541. The van der Waals surface area contributed by atoms with Crippen LogP contribution in [0.3, 0.4) is 0 Å². The molecule has 2 atom stereocenters. The minimum Gasteiger partial charge on any atom is -0.388 e. The highest BCUT2D eigenvalue weighted by molar-refractivity contribution is 5.80. The van der Waals surface area contributed by atoms with Crippen molar-refractivity contribution in [3.63, 3.8) is 0 Å². The lowest BCUT2D eigenvalue weighted by atomic mass is 9.75. The van der Waals surface area contributed by atoms with Gasteiger partial charge in [-0.2, -0.15) is 0 Å². The SMILES string of the molecule is CC(C(=O)N1CCCC1)n1ccc2c1CC(C)(C)CC2O. The summed E-state index contributed by atoms with van der Waals surface area (Å²) in [5, 5.41) is 10.3. The standard InChI is InChI=1S/C17H26N2O2/c1-12(16(21)18-7-4-5-8-18)19-9-6-13-14(19)10-17(2,3)11-15(13)20/h6,9,12,15,20H,4-5,7-8,10-11H2,1-3H3. The lowest BCUT2D eigenvalue weighted by Crippen LogP contribution is -2.35. The van der Waals surface area contributed by atoms with Crippen molar-refractivity contribution in [3.8, 4) is 0 Å². The van der Waals surface area contributed by atoms with Gasteiger partial charge in [-0.15, -0.1) is 0 Å². The van der Waals surface area contributed by atoms with E-state index in [2.05, 4.69) is 18.4 Å². The number of aromatic nitrogens is 1. The lowest BCUT2D eigenvalue weighted by Gasteiger charge is -2.35. The summed E-state index contributed by atoms with van der Waals surface area (Å²) < 4.78 is 2.08. The number of carbonyl (C=O) groups is 1. The van der Waals surface area contributed by atoms with Crippen LogP contribution >= 0.6 is 0 Å². The first-order chi connectivity index (χ1) is 9.89. The molecule has 1 saturated heterocycles. The van der Waals surface area contributed by atoms with Gasteiger partial charge in [0.25, 0.3) is 0 Å². The average Bonchev–Trinajstić information content (AvgIpc) is 3.04. The van der Waals surface area contributed by atoms with E-state index in [1.54, 1.807) is 0 Å². The van der Waals surface area contributed by atoms with Gasteiger partial charge in [0.2, 0.25) is 5.91 Å². The van der Waals surface area contributed by atoms with Crippen LogP contribution in [0.25, 0.3) is 0 Å². The molecule has 1 amide bonds. The predicted octanol–water partition coefficient (Wildman–Crippen LogP) is 2.68. The minimum absolute atomic E-state index is 0.0823. The van der Waals surface area contributed by atoms with E-state index in [0.29, 0.717) is 0 Å². The van der Waals surface area contributed by atoms with Gasteiger partial charge in [-0.3, -0.25) is 4.79 Å². The molecule has 1 aromatic heterocycles. The second kappa shape index (κ2) is 5.16. The van der Waals surface area contributed by atoms with E-state index in [1.807, 2.05) is 24.1 Å². The molecular formula is C17H26N2O2. The zero-order valence-electron chi connectivity index (χ0n) is 13.3. The van der Waals surface area contributed by atoms with Crippen LogP contribution in [0.15, 0.2) is 12.3 Å². The second-order valence-corrected chi connectivity index (χ2v) is 7.39. The first kappa shape index (κ1) is 14.6. The molecule has 0 bridgehead atoms. The van der Waals surface area contributed by atoms with Crippen molar-refractivity contribution in [2.45, 2.75) is 58.6 Å². The molecule has 2 unspecified atom stereocenters. The summed E-state index contributed by atoms with van der Waals surface area (Å²) in [6.45, 7) is 8.13. The van der Waals surface area contributed by atoms with Crippen LogP contribution in [0.2, 0.25) is 0 Å². The number of aliphatic hydroxyl groups excluding tert-OH is 1. The Kier molecular flexibility index (Phi) is 3.60. The molecule has 116 valence electrons. The fourth-order valence-corrected chi connectivity index (χ4v) is 3.83. The Labute approximate surface area is 126 Å². The van der Waals surface area contributed by atoms with Gasteiger partial charge >= 0.3 is 0 Å². The number of carbonyl (C=O) groups excluding carboxylic acids is 1. The Morgan fingerprint density at radius 1 is 1.38 bits per heavy atom. The van der Waals surface area contributed by atoms with Crippen molar-refractivity contribution in [1.29, 1.82) is 0 Å². The fraction of sp³-hybridized carbons (Fsp3) is 0.706. The third-order valence-electron chi connectivity index (χ3n) is 5.00. The molecule has 3 rings (SSSR count). The van der Waals surface area contributed by atoms with E-state index >= 15 is 0 Å². The van der Waals surface area contributed by atoms with Gasteiger partial charge in [-0.1, -0.05) is 13.8 Å². The van der Waals surface area contributed by atoms with E-state index in [0.717, 1.165) is 50.0 Å². The van der Waals surface area contributed by atoms with E-state index in [4.69, 9.17) is 0 Å². The summed E-state index contributed by atoms with van der Waals surface area (Å²) in [5.74, 6) is 0.212. The van der Waals surface area contributed by atoms with Crippen LogP contribution in [-0.4, -0.2) is 33.6 Å². The molecule has 1 aliphatic carbocycles. The van der Waals surface area contributed by atoms with Crippen molar-refractivity contribution in [3.05, 3.63) is 23.5 Å². The molecule has 1 aromatic rings. The summed E-state index contributed by atoms with van der Waals surface area (Å²) >= 11 is 0. The van der Waals surface area contributed by atoms with Crippen LogP contribution < -0.4 is 0 Å². The number of rotatable bonds is 2. The number of hydrogen-bond acceptors (Lipinski definition) is 2. The van der Waals surface area contributed by atoms with Crippen molar-refractivity contribution < 1.29 is 9.90 Å². The maximum absolute atomic E-state index is 12.6. The van der Waals surface area contributed by atoms with Crippen molar-refractivity contribution in [1.82, 2.24) is 9.47 Å². The van der Waals surface area contributed by atoms with Crippen LogP contribution in [0, 0.1) is 5.41 Å². The quantitative estimate of drug-likeness (QED) is 0.910. The highest BCUT2D eigenvalue weighted by Gasteiger charge is 2.35. The van der Waals surface area contributed by atoms with Gasteiger partial charge in [0.15, 0.2) is 0 Å². The molecule has 4 nitrogen and oxygen atoms in total. The lowest BCUT2D eigenvalue weighted by molar-refractivity contribution is -0.133. The molecule has 0 saturated carbocycles. The Morgan fingerprint density at radius 3 is 2.71 bits per heavy atom. The fourth-order valence-electron chi connectivity index (χ4n) is 3.83.